The van der Waals surface area contributed by atoms with E-state index in [9.17, 15) is 22.4 Å². The lowest BCUT2D eigenvalue weighted by Crippen LogP contribution is -2.17. The van der Waals surface area contributed by atoms with Crippen LogP contribution in [0, 0.1) is 11.7 Å². The van der Waals surface area contributed by atoms with Gasteiger partial charge < -0.3 is 5.11 Å². The van der Waals surface area contributed by atoms with Crippen molar-refractivity contribution in [3.05, 3.63) is 35.1 Å². The lowest BCUT2D eigenvalue weighted by molar-refractivity contribution is -0.142. The number of carbonyl (C=O) groups is 1. The van der Waals surface area contributed by atoms with E-state index in [0.29, 0.717) is 0 Å². The van der Waals surface area contributed by atoms with Crippen LogP contribution in [0.3, 0.4) is 0 Å². The zero-order chi connectivity index (χ0) is 13.2. The van der Waals surface area contributed by atoms with Crippen molar-refractivity contribution in [3.63, 3.8) is 0 Å². The zero-order valence-electron chi connectivity index (χ0n) is 8.88. The monoisotopic (exact) mass is 250 g/mol. The van der Waals surface area contributed by atoms with Gasteiger partial charge in [-0.05, 0) is 18.6 Å². The van der Waals surface area contributed by atoms with Crippen LogP contribution in [0.1, 0.15) is 18.1 Å². The maximum Gasteiger partial charge on any atom is 0.416 e. The maximum absolute atomic E-state index is 13.3. The van der Waals surface area contributed by atoms with Gasteiger partial charge in [-0.15, -0.1) is 0 Å². The van der Waals surface area contributed by atoms with Crippen LogP contribution in [-0.4, -0.2) is 11.1 Å². The van der Waals surface area contributed by atoms with Crippen LogP contribution >= 0.6 is 0 Å². The number of carboxylic acid groups (broad SMARTS) is 1. The van der Waals surface area contributed by atoms with Gasteiger partial charge in [-0.25, -0.2) is 4.39 Å². The van der Waals surface area contributed by atoms with Crippen molar-refractivity contribution < 1.29 is 27.5 Å². The van der Waals surface area contributed by atoms with Gasteiger partial charge in [0.25, 0.3) is 0 Å². The Bertz CT molecular complexity index is 426. The maximum atomic E-state index is 13.3. The molecule has 1 unspecified atom stereocenters. The quantitative estimate of drug-likeness (QED) is 0.837. The van der Waals surface area contributed by atoms with Crippen LogP contribution in [0.15, 0.2) is 18.2 Å². The normalized spacial score (nSPS) is 13.5. The molecule has 0 saturated carbocycles. The summed E-state index contributed by atoms with van der Waals surface area (Å²) < 4.78 is 51.0. The highest BCUT2D eigenvalue weighted by Crippen LogP contribution is 2.34. The Balaban J connectivity index is 3.17. The molecule has 1 atom stereocenters. The first-order chi connectivity index (χ1) is 7.73. The molecule has 17 heavy (non-hydrogen) atoms. The Labute approximate surface area is 94.9 Å². The van der Waals surface area contributed by atoms with Gasteiger partial charge in [0.05, 0.1) is 11.5 Å². The number of aliphatic carboxylic acids is 1. The molecule has 1 N–H and O–H groups in total. The molecule has 1 aromatic rings. The van der Waals surface area contributed by atoms with E-state index >= 15 is 0 Å². The molecule has 6 heteroatoms. The molecular weight excluding hydrogens is 240 g/mol. The molecule has 0 aliphatic rings. The molecule has 0 amide bonds. The molecule has 0 aromatic heterocycles. The van der Waals surface area contributed by atoms with E-state index in [1.54, 1.807) is 0 Å². The van der Waals surface area contributed by atoms with E-state index in [2.05, 4.69) is 0 Å². The molecule has 0 fully saturated rings. The Morgan fingerprint density at radius 3 is 2.47 bits per heavy atom. The molecule has 94 valence electrons. The molecule has 0 aliphatic heterocycles. The molecule has 0 saturated heterocycles. The van der Waals surface area contributed by atoms with Crippen LogP contribution in [0.5, 0.6) is 0 Å². The smallest absolute Gasteiger partial charge is 0.416 e. The van der Waals surface area contributed by atoms with E-state index in [1.807, 2.05) is 0 Å². The summed E-state index contributed by atoms with van der Waals surface area (Å²) in [5.74, 6) is -3.37. The number of benzene rings is 1. The van der Waals surface area contributed by atoms with Gasteiger partial charge in [0.2, 0.25) is 0 Å². The number of halogens is 4. The first-order valence-electron chi connectivity index (χ1n) is 4.81. The van der Waals surface area contributed by atoms with E-state index in [0.717, 1.165) is 18.2 Å². The highest BCUT2D eigenvalue weighted by atomic mass is 19.4. The van der Waals surface area contributed by atoms with E-state index < -0.39 is 41.4 Å². The van der Waals surface area contributed by atoms with Crippen LogP contribution in [0.2, 0.25) is 0 Å². The molecule has 0 radical (unpaired) electrons. The number of rotatable bonds is 3. The highest BCUT2D eigenvalue weighted by Gasteiger charge is 2.35. The third-order valence-electron chi connectivity index (χ3n) is 2.36. The van der Waals surface area contributed by atoms with Gasteiger partial charge in [0.15, 0.2) is 0 Å². The first kappa shape index (κ1) is 13.5. The molecule has 2 nitrogen and oxygen atoms in total. The Kier molecular flexibility index (Phi) is 3.75. The summed E-state index contributed by atoms with van der Waals surface area (Å²) in [7, 11) is 0. The van der Waals surface area contributed by atoms with Crippen molar-refractivity contribution in [2.24, 2.45) is 5.92 Å². The minimum Gasteiger partial charge on any atom is -0.481 e. The molecule has 0 spiro atoms. The minimum atomic E-state index is -4.68. The van der Waals surface area contributed by atoms with Crippen molar-refractivity contribution in [1.29, 1.82) is 0 Å². The molecular formula is C11H10F4O2. The summed E-state index contributed by atoms with van der Waals surface area (Å²) in [5.41, 5.74) is -1.72. The van der Waals surface area contributed by atoms with Crippen molar-refractivity contribution >= 4 is 5.97 Å². The third kappa shape index (κ3) is 3.18. The summed E-state index contributed by atoms with van der Waals surface area (Å²) in [6, 6.07) is 2.58. The molecule has 0 bridgehead atoms. The Morgan fingerprint density at radius 2 is 2.00 bits per heavy atom. The average molecular weight is 250 g/mol. The summed E-state index contributed by atoms with van der Waals surface area (Å²) >= 11 is 0. The lowest BCUT2D eigenvalue weighted by atomic mass is 9.96. The van der Waals surface area contributed by atoms with Gasteiger partial charge in [-0.2, -0.15) is 13.2 Å². The van der Waals surface area contributed by atoms with E-state index in [4.69, 9.17) is 5.11 Å². The van der Waals surface area contributed by atoms with Crippen molar-refractivity contribution in [2.45, 2.75) is 19.5 Å². The Hall–Kier alpha value is -1.59. The van der Waals surface area contributed by atoms with Gasteiger partial charge in [0, 0.05) is 5.56 Å². The third-order valence-corrected chi connectivity index (χ3v) is 2.36. The second-order valence-electron chi connectivity index (χ2n) is 3.71. The van der Waals surface area contributed by atoms with Gasteiger partial charge in [0.1, 0.15) is 5.82 Å². The van der Waals surface area contributed by atoms with Crippen LogP contribution in [0.4, 0.5) is 17.6 Å². The van der Waals surface area contributed by atoms with Crippen molar-refractivity contribution in [2.75, 3.05) is 0 Å². The standard InChI is InChI=1S/C11H10F4O2/c1-6(10(16)17)5-7-8(11(13,14)15)3-2-4-9(7)12/h2-4,6H,5H2,1H3,(H,16,17). The van der Waals surface area contributed by atoms with Gasteiger partial charge >= 0.3 is 12.1 Å². The topological polar surface area (TPSA) is 37.3 Å². The van der Waals surface area contributed by atoms with E-state index in [1.165, 1.54) is 6.92 Å². The molecule has 1 rings (SSSR count). The van der Waals surface area contributed by atoms with Crippen LogP contribution in [-0.2, 0) is 17.4 Å². The minimum absolute atomic E-state index is 0.489. The van der Waals surface area contributed by atoms with Crippen molar-refractivity contribution in [3.8, 4) is 0 Å². The number of hydrogen-bond acceptors (Lipinski definition) is 1. The Morgan fingerprint density at radius 1 is 1.41 bits per heavy atom. The van der Waals surface area contributed by atoms with Crippen molar-refractivity contribution in [1.82, 2.24) is 0 Å². The first-order valence-corrected chi connectivity index (χ1v) is 4.81. The predicted molar refractivity (Wildman–Crippen MR) is 51.9 cm³/mol. The summed E-state index contributed by atoms with van der Waals surface area (Å²) in [6.07, 6.45) is -5.17. The zero-order valence-corrected chi connectivity index (χ0v) is 8.88. The van der Waals surface area contributed by atoms with Gasteiger partial charge in [-0.3, -0.25) is 4.79 Å². The summed E-state index contributed by atoms with van der Waals surface area (Å²) in [6.45, 7) is 1.23. The fourth-order valence-electron chi connectivity index (χ4n) is 1.43. The van der Waals surface area contributed by atoms with Crippen LogP contribution < -0.4 is 0 Å². The average Bonchev–Trinajstić information content (AvgIpc) is 2.18. The largest absolute Gasteiger partial charge is 0.481 e. The van der Waals surface area contributed by atoms with Crippen LogP contribution in [0.25, 0.3) is 0 Å². The molecule has 0 aliphatic carbocycles. The second-order valence-corrected chi connectivity index (χ2v) is 3.71. The number of alkyl halides is 3. The summed E-state index contributed by atoms with van der Waals surface area (Å²) in [5, 5.41) is 8.62. The summed E-state index contributed by atoms with van der Waals surface area (Å²) in [4.78, 5) is 10.6. The van der Waals surface area contributed by atoms with Gasteiger partial charge in [-0.1, -0.05) is 13.0 Å². The number of carboxylic acids is 1. The SMILES string of the molecule is CC(Cc1c(F)cccc1C(F)(F)F)C(=O)O. The lowest BCUT2D eigenvalue weighted by Gasteiger charge is -2.15. The molecule has 0 heterocycles. The predicted octanol–water partition coefficient (Wildman–Crippen LogP) is 3.11. The fraction of sp³-hybridized carbons (Fsp3) is 0.364. The molecule has 1 aromatic carbocycles. The second kappa shape index (κ2) is 4.73. The van der Waals surface area contributed by atoms with E-state index in [-0.39, 0.29) is 0 Å². The highest BCUT2D eigenvalue weighted by molar-refractivity contribution is 5.70. The fourth-order valence-corrected chi connectivity index (χ4v) is 1.43. The number of hydrogen-bond donors (Lipinski definition) is 1.